The molecule has 1 fully saturated rings. The lowest BCUT2D eigenvalue weighted by molar-refractivity contribution is 0.810. The highest BCUT2D eigenvalue weighted by Gasteiger charge is 2.25. The summed E-state index contributed by atoms with van der Waals surface area (Å²) < 4.78 is 1.94. The molecule has 2 N–H and O–H groups in total. The first kappa shape index (κ1) is 10.5. The van der Waals surface area contributed by atoms with Gasteiger partial charge in [-0.2, -0.15) is 5.10 Å². The van der Waals surface area contributed by atoms with Gasteiger partial charge in [-0.1, -0.05) is 12.1 Å². The number of aromatic nitrogens is 2. The van der Waals surface area contributed by atoms with Gasteiger partial charge in [0.05, 0.1) is 11.4 Å². The zero-order valence-corrected chi connectivity index (χ0v) is 10.0. The van der Waals surface area contributed by atoms with Crippen molar-refractivity contribution in [1.29, 1.82) is 0 Å². The fourth-order valence-electron chi connectivity index (χ4n) is 2.01. The van der Waals surface area contributed by atoms with E-state index in [4.69, 9.17) is 5.73 Å². The second kappa shape index (κ2) is 4.00. The quantitative estimate of drug-likeness (QED) is 0.876. The number of rotatable bonds is 3. The van der Waals surface area contributed by atoms with E-state index >= 15 is 0 Å². The second-order valence-corrected chi connectivity index (χ2v) is 4.84. The first-order valence-corrected chi connectivity index (χ1v) is 6.15. The summed E-state index contributed by atoms with van der Waals surface area (Å²) in [6.45, 7) is 1.99. The first-order valence-electron chi connectivity index (χ1n) is 6.15. The molecule has 2 aromatic rings. The predicted octanol–water partition coefficient (Wildman–Crippen LogP) is 2.77. The van der Waals surface area contributed by atoms with Crippen molar-refractivity contribution < 1.29 is 0 Å². The number of benzene rings is 1. The van der Waals surface area contributed by atoms with E-state index in [0.29, 0.717) is 5.92 Å². The molecule has 0 amide bonds. The standard InChI is InChI=1S/C14H17N3/c1-10(15)11-4-6-13(7-5-11)17-9-8-14(16-17)12-2-3-12/h4-10,12H,2-3,15H2,1H3/t10-/m1/s1. The van der Waals surface area contributed by atoms with Crippen LogP contribution in [0.5, 0.6) is 0 Å². The number of hydrogen-bond donors (Lipinski definition) is 1. The third-order valence-electron chi connectivity index (χ3n) is 3.29. The topological polar surface area (TPSA) is 43.8 Å². The lowest BCUT2D eigenvalue weighted by Crippen LogP contribution is -2.05. The van der Waals surface area contributed by atoms with Gasteiger partial charge in [-0.3, -0.25) is 0 Å². The molecule has 1 saturated carbocycles. The van der Waals surface area contributed by atoms with Crippen LogP contribution < -0.4 is 5.73 Å². The molecule has 1 aromatic heterocycles. The minimum Gasteiger partial charge on any atom is -0.324 e. The van der Waals surface area contributed by atoms with Crippen LogP contribution in [0.1, 0.15) is 43.0 Å². The highest BCUT2D eigenvalue weighted by Crippen LogP contribution is 2.39. The van der Waals surface area contributed by atoms with Gasteiger partial charge in [0, 0.05) is 18.2 Å². The van der Waals surface area contributed by atoms with Crippen molar-refractivity contribution in [1.82, 2.24) is 9.78 Å². The van der Waals surface area contributed by atoms with E-state index in [1.807, 2.05) is 17.8 Å². The Morgan fingerprint density at radius 3 is 2.53 bits per heavy atom. The molecule has 0 spiro atoms. The number of nitrogens with zero attached hydrogens (tertiary/aromatic N) is 2. The molecular formula is C14H17N3. The fourth-order valence-corrected chi connectivity index (χ4v) is 2.01. The first-order chi connectivity index (χ1) is 8.24. The number of hydrogen-bond acceptors (Lipinski definition) is 2. The van der Waals surface area contributed by atoms with Gasteiger partial charge in [-0.25, -0.2) is 4.68 Å². The maximum atomic E-state index is 5.83. The Kier molecular flexibility index (Phi) is 2.48. The fraction of sp³-hybridized carbons (Fsp3) is 0.357. The summed E-state index contributed by atoms with van der Waals surface area (Å²) in [5.41, 5.74) is 9.31. The van der Waals surface area contributed by atoms with Crippen LogP contribution in [0.15, 0.2) is 36.5 Å². The van der Waals surface area contributed by atoms with E-state index in [9.17, 15) is 0 Å². The minimum absolute atomic E-state index is 0.0868. The van der Waals surface area contributed by atoms with Gasteiger partial charge in [-0.05, 0) is 43.5 Å². The summed E-state index contributed by atoms with van der Waals surface area (Å²) in [5.74, 6) is 0.708. The Bertz CT molecular complexity index is 507. The van der Waals surface area contributed by atoms with Crippen LogP contribution in [-0.2, 0) is 0 Å². The minimum atomic E-state index is 0.0868. The van der Waals surface area contributed by atoms with Crippen LogP contribution in [0.3, 0.4) is 0 Å². The number of nitrogens with two attached hydrogens (primary N) is 1. The largest absolute Gasteiger partial charge is 0.324 e. The monoisotopic (exact) mass is 227 g/mol. The molecule has 1 aromatic carbocycles. The molecule has 0 saturated heterocycles. The smallest absolute Gasteiger partial charge is 0.0659 e. The molecule has 1 atom stereocenters. The second-order valence-electron chi connectivity index (χ2n) is 4.84. The van der Waals surface area contributed by atoms with Crippen molar-refractivity contribution in [2.45, 2.75) is 31.7 Å². The molecule has 3 heteroatoms. The summed E-state index contributed by atoms with van der Waals surface area (Å²) in [6.07, 6.45) is 4.62. The highest BCUT2D eigenvalue weighted by atomic mass is 15.3. The molecule has 0 bridgehead atoms. The Morgan fingerprint density at radius 1 is 1.24 bits per heavy atom. The van der Waals surface area contributed by atoms with E-state index < -0.39 is 0 Å². The van der Waals surface area contributed by atoms with Gasteiger partial charge in [0.25, 0.3) is 0 Å². The van der Waals surface area contributed by atoms with Crippen molar-refractivity contribution in [3.8, 4) is 5.69 Å². The predicted molar refractivity (Wildman–Crippen MR) is 68.1 cm³/mol. The van der Waals surface area contributed by atoms with Gasteiger partial charge in [0.1, 0.15) is 0 Å². The lowest BCUT2D eigenvalue weighted by atomic mass is 10.1. The van der Waals surface area contributed by atoms with Crippen LogP contribution in [0.4, 0.5) is 0 Å². The summed E-state index contributed by atoms with van der Waals surface area (Å²) >= 11 is 0. The average Bonchev–Trinajstić information content (AvgIpc) is 3.07. The zero-order chi connectivity index (χ0) is 11.8. The zero-order valence-electron chi connectivity index (χ0n) is 10.0. The molecular weight excluding hydrogens is 210 g/mol. The Morgan fingerprint density at radius 2 is 1.94 bits per heavy atom. The average molecular weight is 227 g/mol. The normalized spacial score (nSPS) is 17.1. The Labute approximate surface area is 101 Å². The maximum absolute atomic E-state index is 5.83. The summed E-state index contributed by atoms with van der Waals surface area (Å²) in [5, 5.41) is 4.60. The van der Waals surface area contributed by atoms with Crippen molar-refractivity contribution in [2.75, 3.05) is 0 Å². The SMILES string of the molecule is C[C@@H](N)c1ccc(-n2ccc(C3CC3)n2)cc1. The van der Waals surface area contributed by atoms with Crippen LogP contribution in [0.25, 0.3) is 5.69 Å². The third kappa shape index (κ3) is 2.11. The van der Waals surface area contributed by atoms with E-state index in [-0.39, 0.29) is 6.04 Å². The van der Waals surface area contributed by atoms with E-state index in [1.54, 1.807) is 0 Å². The molecule has 88 valence electrons. The molecule has 0 radical (unpaired) electrons. The molecule has 1 heterocycles. The summed E-state index contributed by atoms with van der Waals surface area (Å²) in [6, 6.07) is 10.5. The van der Waals surface area contributed by atoms with Gasteiger partial charge < -0.3 is 5.73 Å². The van der Waals surface area contributed by atoms with Crippen LogP contribution >= 0.6 is 0 Å². The Hall–Kier alpha value is -1.61. The lowest BCUT2D eigenvalue weighted by Gasteiger charge is -2.07. The van der Waals surface area contributed by atoms with E-state index in [0.717, 1.165) is 11.3 Å². The summed E-state index contributed by atoms with van der Waals surface area (Å²) in [4.78, 5) is 0. The van der Waals surface area contributed by atoms with Crippen molar-refractivity contribution >= 4 is 0 Å². The Balaban J connectivity index is 1.86. The van der Waals surface area contributed by atoms with Crippen molar-refractivity contribution in [3.63, 3.8) is 0 Å². The molecule has 0 unspecified atom stereocenters. The van der Waals surface area contributed by atoms with E-state index in [2.05, 4.69) is 35.4 Å². The van der Waals surface area contributed by atoms with Crippen molar-refractivity contribution in [3.05, 3.63) is 47.8 Å². The third-order valence-corrected chi connectivity index (χ3v) is 3.29. The van der Waals surface area contributed by atoms with Crippen molar-refractivity contribution in [2.24, 2.45) is 5.73 Å². The van der Waals surface area contributed by atoms with Gasteiger partial charge in [0.2, 0.25) is 0 Å². The van der Waals surface area contributed by atoms with Gasteiger partial charge >= 0.3 is 0 Å². The van der Waals surface area contributed by atoms with Crippen LogP contribution in [-0.4, -0.2) is 9.78 Å². The van der Waals surface area contributed by atoms with E-state index in [1.165, 1.54) is 18.5 Å². The summed E-state index contributed by atoms with van der Waals surface area (Å²) in [7, 11) is 0. The van der Waals surface area contributed by atoms with Gasteiger partial charge in [0.15, 0.2) is 0 Å². The van der Waals surface area contributed by atoms with Gasteiger partial charge in [-0.15, -0.1) is 0 Å². The highest BCUT2D eigenvalue weighted by molar-refractivity contribution is 5.35. The molecule has 17 heavy (non-hydrogen) atoms. The maximum Gasteiger partial charge on any atom is 0.0659 e. The van der Waals surface area contributed by atoms with Crippen LogP contribution in [0, 0.1) is 0 Å². The van der Waals surface area contributed by atoms with Crippen LogP contribution in [0.2, 0.25) is 0 Å². The molecule has 3 rings (SSSR count). The molecule has 3 nitrogen and oxygen atoms in total. The molecule has 1 aliphatic rings. The molecule has 0 aliphatic heterocycles. The molecule has 1 aliphatic carbocycles.